The van der Waals surface area contributed by atoms with Crippen LogP contribution >= 0.6 is 0 Å². The summed E-state index contributed by atoms with van der Waals surface area (Å²) in [6.07, 6.45) is 3.23. The fourth-order valence-corrected chi connectivity index (χ4v) is 1.70. The van der Waals surface area contributed by atoms with Gasteiger partial charge in [0.15, 0.2) is 11.6 Å². The van der Waals surface area contributed by atoms with Gasteiger partial charge in [-0.3, -0.25) is 9.78 Å². The number of carbonyl (C=O) groups is 1. The van der Waals surface area contributed by atoms with Crippen LogP contribution in [0.25, 0.3) is 0 Å². The molecule has 5 heteroatoms. The molecule has 0 aliphatic rings. The Kier molecular flexibility index (Phi) is 4.30. The van der Waals surface area contributed by atoms with Crippen molar-refractivity contribution in [3.63, 3.8) is 0 Å². The van der Waals surface area contributed by atoms with E-state index in [4.69, 9.17) is 4.74 Å². The first-order valence-electron chi connectivity index (χ1n) is 6.42. The Morgan fingerprint density at radius 2 is 2.05 bits per heavy atom. The largest absolute Gasteiger partial charge is 0.487 e. The van der Waals surface area contributed by atoms with Gasteiger partial charge in [-0.05, 0) is 45.0 Å². The molecule has 2 heterocycles. The highest BCUT2D eigenvalue weighted by Crippen LogP contribution is 2.22. The van der Waals surface area contributed by atoms with Crippen LogP contribution < -0.4 is 10.1 Å². The molecule has 0 aromatic carbocycles. The molecule has 2 rings (SSSR count). The molecule has 0 saturated carbocycles. The molecular formula is C15H17N3O2. The molecule has 0 fully saturated rings. The van der Waals surface area contributed by atoms with Crippen LogP contribution in [0.5, 0.6) is 5.75 Å². The van der Waals surface area contributed by atoms with Crippen LogP contribution in [0.2, 0.25) is 0 Å². The van der Waals surface area contributed by atoms with E-state index in [1.54, 1.807) is 36.7 Å². The topological polar surface area (TPSA) is 64.1 Å². The second-order valence-corrected chi connectivity index (χ2v) is 4.66. The molecule has 1 amide bonds. The number of amides is 1. The molecular weight excluding hydrogens is 254 g/mol. The van der Waals surface area contributed by atoms with Crippen molar-refractivity contribution < 1.29 is 9.53 Å². The van der Waals surface area contributed by atoms with Crippen molar-refractivity contribution in [3.8, 4) is 5.75 Å². The minimum Gasteiger partial charge on any atom is -0.487 e. The third-order valence-corrected chi connectivity index (χ3v) is 2.52. The van der Waals surface area contributed by atoms with E-state index in [-0.39, 0.29) is 12.0 Å². The lowest BCUT2D eigenvalue weighted by molar-refractivity contribution is 0.102. The molecule has 0 radical (unpaired) electrons. The van der Waals surface area contributed by atoms with Crippen LogP contribution in [0.4, 0.5) is 5.82 Å². The molecule has 0 spiro atoms. The normalized spacial score (nSPS) is 10.4. The van der Waals surface area contributed by atoms with Crippen LogP contribution in [0, 0.1) is 6.92 Å². The highest BCUT2D eigenvalue weighted by molar-refractivity contribution is 6.04. The summed E-state index contributed by atoms with van der Waals surface area (Å²) in [4.78, 5) is 20.4. The van der Waals surface area contributed by atoms with Crippen molar-refractivity contribution in [2.24, 2.45) is 0 Å². The van der Waals surface area contributed by atoms with Gasteiger partial charge in [-0.15, -0.1) is 0 Å². The predicted octanol–water partition coefficient (Wildman–Crippen LogP) is 2.82. The van der Waals surface area contributed by atoms with E-state index in [1.807, 2.05) is 20.8 Å². The Hall–Kier alpha value is -2.43. The average Bonchev–Trinajstić information content (AvgIpc) is 2.40. The Morgan fingerprint density at radius 1 is 1.25 bits per heavy atom. The molecule has 2 aromatic heterocycles. The number of nitrogens with zero attached hydrogens (tertiary/aromatic N) is 2. The fraction of sp³-hybridized carbons (Fsp3) is 0.267. The van der Waals surface area contributed by atoms with Crippen molar-refractivity contribution in [3.05, 3.63) is 47.9 Å². The van der Waals surface area contributed by atoms with Gasteiger partial charge in [0.05, 0.1) is 6.10 Å². The summed E-state index contributed by atoms with van der Waals surface area (Å²) in [6.45, 7) is 5.68. The van der Waals surface area contributed by atoms with Crippen molar-refractivity contribution in [1.82, 2.24) is 9.97 Å². The molecule has 0 atom stereocenters. The molecule has 0 bridgehead atoms. The summed E-state index contributed by atoms with van der Waals surface area (Å²) in [7, 11) is 0. The number of aryl methyl sites for hydroxylation is 1. The van der Waals surface area contributed by atoms with Gasteiger partial charge in [0.1, 0.15) is 0 Å². The second-order valence-electron chi connectivity index (χ2n) is 4.66. The lowest BCUT2D eigenvalue weighted by Crippen LogP contribution is -2.15. The quantitative estimate of drug-likeness (QED) is 0.928. The van der Waals surface area contributed by atoms with E-state index in [1.165, 1.54) is 0 Å². The number of ether oxygens (including phenoxy) is 1. The minimum absolute atomic E-state index is 0.0121. The molecule has 0 aliphatic heterocycles. The van der Waals surface area contributed by atoms with Crippen LogP contribution in [0.3, 0.4) is 0 Å². The van der Waals surface area contributed by atoms with Crippen LogP contribution in [-0.4, -0.2) is 22.0 Å². The van der Waals surface area contributed by atoms with E-state index >= 15 is 0 Å². The maximum atomic E-state index is 12.2. The zero-order valence-electron chi connectivity index (χ0n) is 11.8. The van der Waals surface area contributed by atoms with Gasteiger partial charge in [0.25, 0.3) is 5.91 Å². The molecule has 20 heavy (non-hydrogen) atoms. The van der Waals surface area contributed by atoms with Gasteiger partial charge in [-0.1, -0.05) is 0 Å². The Bertz CT molecular complexity index is 612. The minimum atomic E-state index is -0.234. The maximum Gasteiger partial charge on any atom is 0.257 e. The number of aromatic nitrogens is 2. The molecule has 0 saturated heterocycles. The first-order chi connectivity index (χ1) is 9.56. The first-order valence-corrected chi connectivity index (χ1v) is 6.42. The number of pyridine rings is 2. The van der Waals surface area contributed by atoms with Gasteiger partial charge in [0.2, 0.25) is 0 Å². The van der Waals surface area contributed by atoms with Gasteiger partial charge in [-0.25, -0.2) is 4.98 Å². The summed E-state index contributed by atoms with van der Waals surface area (Å²) in [5.74, 6) is 0.741. The zero-order chi connectivity index (χ0) is 14.5. The van der Waals surface area contributed by atoms with Gasteiger partial charge in [-0.2, -0.15) is 0 Å². The number of hydrogen-bond donors (Lipinski definition) is 1. The number of rotatable bonds is 4. The standard InChI is InChI=1S/C15H17N3O2/c1-10(2)20-13-5-4-7-17-14(13)18-15(19)12-6-8-16-11(3)9-12/h4-10H,1-3H3,(H,17,18,19). The average molecular weight is 271 g/mol. The lowest BCUT2D eigenvalue weighted by Gasteiger charge is -2.13. The molecule has 0 aliphatic carbocycles. The molecule has 2 aromatic rings. The van der Waals surface area contributed by atoms with Crippen LogP contribution in [-0.2, 0) is 0 Å². The van der Waals surface area contributed by atoms with E-state index < -0.39 is 0 Å². The Morgan fingerprint density at radius 3 is 2.75 bits per heavy atom. The van der Waals surface area contributed by atoms with Crippen molar-refractivity contribution >= 4 is 11.7 Å². The zero-order valence-corrected chi connectivity index (χ0v) is 11.8. The molecule has 5 nitrogen and oxygen atoms in total. The smallest absolute Gasteiger partial charge is 0.257 e. The van der Waals surface area contributed by atoms with E-state index in [2.05, 4.69) is 15.3 Å². The maximum absolute atomic E-state index is 12.2. The third-order valence-electron chi connectivity index (χ3n) is 2.52. The number of hydrogen-bond acceptors (Lipinski definition) is 4. The van der Waals surface area contributed by atoms with Crippen LogP contribution in [0.15, 0.2) is 36.7 Å². The summed E-state index contributed by atoms with van der Waals surface area (Å²) in [6, 6.07) is 6.93. The highest BCUT2D eigenvalue weighted by atomic mass is 16.5. The van der Waals surface area contributed by atoms with Crippen molar-refractivity contribution in [1.29, 1.82) is 0 Å². The summed E-state index contributed by atoms with van der Waals surface area (Å²) in [5, 5.41) is 2.76. The number of carbonyl (C=O) groups excluding carboxylic acids is 1. The summed E-state index contributed by atoms with van der Waals surface area (Å²) >= 11 is 0. The van der Waals surface area contributed by atoms with Crippen molar-refractivity contribution in [2.75, 3.05) is 5.32 Å². The Labute approximate surface area is 118 Å². The second kappa shape index (κ2) is 6.14. The van der Waals surface area contributed by atoms with Crippen molar-refractivity contribution in [2.45, 2.75) is 26.9 Å². The highest BCUT2D eigenvalue weighted by Gasteiger charge is 2.12. The Balaban J connectivity index is 2.19. The molecule has 0 unspecified atom stereocenters. The number of nitrogens with one attached hydrogen (secondary N) is 1. The predicted molar refractivity (Wildman–Crippen MR) is 76.9 cm³/mol. The third kappa shape index (κ3) is 3.54. The van der Waals surface area contributed by atoms with Gasteiger partial charge in [0, 0.05) is 23.7 Å². The number of anilines is 1. The van der Waals surface area contributed by atoms with E-state index in [0.717, 1.165) is 5.69 Å². The molecule has 104 valence electrons. The molecule has 1 N–H and O–H groups in total. The fourth-order valence-electron chi connectivity index (χ4n) is 1.70. The van der Waals surface area contributed by atoms with Gasteiger partial charge < -0.3 is 10.1 Å². The van der Waals surface area contributed by atoms with Crippen LogP contribution in [0.1, 0.15) is 29.9 Å². The van der Waals surface area contributed by atoms with Gasteiger partial charge >= 0.3 is 0 Å². The monoisotopic (exact) mass is 271 g/mol. The van der Waals surface area contributed by atoms with E-state index in [0.29, 0.717) is 17.1 Å². The first kappa shape index (κ1) is 14.0. The van der Waals surface area contributed by atoms with E-state index in [9.17, 15) is 4.79 Å². The lowest BCUT2D eigenvalue weighted by atomic mass is 10.2. The SMILES string of the molecule is Cc1cc(C(=O)Nc2ncccc2OC(C)C)ccn1. The summed E-state index contributed by atoms with van der Waals surface area (Å²) in [5.41, 5.74) is 1.33. The summed E-state index contributed by atoms with van der Waals surface area (Å²) < 4.78 is 5.62.